The van der Waals surface area contributed by atoms with Crippen LogP contribution in [-0.4, -0.2) is 31.7 Å². The molecule has 0 unspecified atom stereocenters. The van der Waals surface area contributed by atoms with Gasteiger partial charge in [-0.25, -0.2) is 4.39 Å². The predicted molar refractivity (Wildman–Crippen MR) is 84.2 cm³/mol. The van der Waals surface area contributed by atoms with Crippen molar-refractivity contribution in [3.05, 3.63) is 54.3 Å². The largest absolute Gasteiger partial charge is 0.457 e. The van der Waals surface area contributed by atoms with Crippen LogP contribution in [0.2, 0.25) is 0 Å². The number of morpholine rings is 1. The fraction of sp³-hybridized carbons (Fsp3) is 0.235. The van der Waals surface area contributed by atoms with Gasteiger partial charge in [0.25, 0.3) is 5.91 Å². The number of halogens is 1. The van der Waals surface area contributed by atoms with E-state index in [9.17, 15) is 9.18 Å². The lowest BCUT2D eigenvalue weighted by Gasteiger charge is -2.22. The van der Waals surface area contributed by atoms with Crippen molar-refractivity contribution < 1.29 is 18.7 Å². The van der Waals surface area contributed by atoms with Gasteiger partial charge in [0.1, 0.15) is 23.4 Å². The fourth-order valence-electron chi connectivity index (χ4n) is 2.23. The molecule has 6 heteroatoms. The Labute approximate surface area is 133 Å². The Hall–Kier alpha value is -2.44. The molecule has 0 aliphatic carbocycles. The van der Waals surface area contributed by atoms with Crippen LogP contribution in [-0.2, 0) is 9.53 Å². The summed E-state index contributed by atoms with van der Waals surface area (Å²) in [6.45, 7) is 1.79. The topological polar surface area (TPSA) is 59.6 Å². The van der Waals surface area contributed by atoms with Crippen LogP contribution in [0.25, 0.3) is 0 Å². The van der Waals surface area contributed by atoms with Gasteiger partial charge in [0, 0.05) is 24.8 Å². The van der Waals surface area contributed by atoms with Crippen molar-refractivity contribution in [3.63, 3.8) is 0 Å². The highest BCUT2D eigenvalue weighted by Gasteiger charge is 2.21. The molecule has 2 aromatic carbocycles. The minimum Gasteiger partial charge on any atom is -0.457 e. The molecule has 1 heterocycles. The minimum atomic E-state index is -0.480. The number of benzene rings is 2. The number of ether oxygens (including phenoxy) is 2. The van der Waals surface area contributed by atoms with E-state index in [0.29, 0.717) is 30.3 Å². The van der Waals surface area contributed by atoms with Gasteiger partial charge in [-0.1, -0.05) is 6.07 Å². The monoisotopic (exact) mass is 316 g/mol. The highest BCUT2D eigenvalue weighted by atomic mass is 19.1. The van der Waals surface area contributed by atoms with Crippen LogP contribution in [0.1, 0.15) is 0 Å². The summed E-state index contributed by atoms with van der Waals surface area (Å²) in [7, 11) is 0. The number of anilines is 1. The maximum atomic E-state index is 13.1. The molecular weight excluding hydrogens is 299 g/mol. The number of hydrogen-bond donors (Lipinski definition) is 2. The Morgan fingerprint density at radius 3 is 2.74 bits per heavy atom. The fourth-order valence-corrected chi connectivity index (χ4v) is 2.23. The molecule has 0 bridgehead atoms. The van der Waals surface area contributed by atoms with Gasteiger partial charge < -0.3 is 20.1 Å². The van der Waals surface area contributed by atoms with Gasteiger partial charge >= 0.3 is 0 Å². The van der Waals surface area contributed by atoms with E-state index in [2.05, 4.69) is 10.6 Å². The maximum absolute atomic E-state index is 13.1. The van der Waals surface area contributed by atoms with Crippen molar-refractivity contribution in [1.29, 1.82) is 0 Å². The van der Waals surface area contributed by atoms with Gasteiger partial charge in [-0.05, 0) is 36.4 Å². The molecule has 2 aromatic rings. The molecule has 1 atom stereocenters. The summed E-state index contributed by atoms with van der Waals surface area (Å²) in [4.78, 5) is 12.0. The smallest absolute Gasteiger partial charge is 0.254 e. The van der Waals surface area contributed by atoms with Gasteiger partial charge in [-0.2, -0.15) is 0 Å². The van der Waals surface area contributed by atoms with Crippen molar-refractivity contribution in [1.82, 2.24) is 5.32 Å². The lowest BCUT2D eigenvalue weighted by atomic mass is 10.2. The zero-order valence-electron chi connectivity index (χ0n) is 12.4. The Balaban J connectivity index is 1.59. The first-order valence-electron chi connectivity index (χ1n) is 7.37. The van der Waals surface area contributed by atoms with Crippen LogP contribution in [0.3, 0.4) is 0 Å². The predicted octanol–water partition coefficient (Wildman–Crippen LogP) is 2.54. The first-order valence-corrected chi connectivity index (χ1v) is 7.37. The summed E-state index contributed by atoms with van der Waals surface area (Å²) in [5, 5.41) is 5.90. The van der Waals surface area contributed by atoms with Gasteiger partial charge in [0.05, 0.1) is 6.61 Å². The summed E-state index contributed by atoms with van der Waals surface area (Å²) in [6.07, 6.45) is -0.480. The van der Waals surface area contributed by atoms with Crippen molar-refractivity contribution in [2.75, 3.05) is 25.0 Å². The number of carbonyl (C=O) groups is 1. The number of rotatable bonds is 4. The van der Waals surface area contributed by atoms with Gasteiger partial charge in [-0.15, -0.1) is 0 Å². The van der Waals surface area contributed by atoms with Gasteiger partial charge in [-0.3, -0.25) is 4.79 Å². The number of carbonyl (C=O) groups excluding carboxylic acids is 1. The molecule has 23 heavy (non-hydrogen) atoms. The molecule has 1 aliphatic heterocycles. The average molecular weight is 316 g/mol. The minimum absolute atomic E-state index is 0.184. The molecule has 0 spiro atoms. The normalized spacial score (nSPS) is 17.5. The highest BCUT2D eigenvalue weighted by Crippen LogP contribution is 2.23. The van der Waals surface area contributed by atoms with Crippen molar-refractivity contribution >= 4 is 11.6 Å². The van der Waals surface area contributed by atoms with E-state index in [1.165, 1.54) is 12.1 Å². The maximum Gasteiger partial charge on any atom is 0.254 e. The van der Waals surface area contributed by atoms with Crippen molar-refractivity contribution in [3.8, 4) is 11.5 Å². The van der Waals surface area contributed by atoms with Crippen LogP contribution in [0, 0.1) is 5.82 Å². The average Bonchev–Trinajstić information content (AvgIpc) is 2.57. The number of nitrogens with one attached hydrogen (secondary N) is 2. The molecule has 0 aromatic heterocycles. The molecule has 5 nitrogen and oxygen atoms in total. The SMILES string of the molecule is O=C(Nc1ccc(Oc2cccc(F)c2)cc1)[C@@H]1CNCCO1. The second-order valence-corrected chi connectivity index (χ2v) is 5.14. The van der Waals surface area contributed by atoms with E-state index in [0.717, 1.165) is 6.54 Å². The summed E-state index contributed by atoms with van der Waals surface area (Å²) < 4.78 is 24.0. The molecule has 1 saturated heterocycles. The van der Waals surface area contributed by atoms with Crippen LogP contribution in [0.4, 0.5) is 10.1 Å². The van der Waals surface area contributed by atoms with E-state index < -0.39 is 6.10 Å². The lowest BCUT2D eigenvalue weighted by molar-refractivity contribution is -0.128. The quantitative estimate of drug-likeness (QED) is 0.910. The summed E-state index contributed by atoms with van der Waals surface area (Å²) in [5.41, 5.74) is 0.649. The third-order valence-electron chi connectivity index (χ3n) is 3.37. The van der Waals surface area contributed by atoms with Crippen LogP contribution < -0.4 is 15.4 Å². The zero-order chi connectivity index (χ0) is 16.1. The molecular formula is C17H17FN2O3. The van der Waals surface area contributed by atoms with Crippen LogP contribution >= 0.6 is 0 Å². The summed E-state index contributed by atoms with van der Waals surface area (Å²) in [5.74, 6) is 0.441. The van der Waals surface area contributed by atoms with E-state index in [1.54, 1.807) is 36.4 Å². The summed E-state index contributed by atoms with van der Waals surface area (Å²) in [6, 6.07) is 12.8. The Morgan fingerprint density at radius 1 is 1.22 bits per heavy atom. The third-order valence-corrected chi connectivity index (χ3v) is 3.37. The lowest BCUT2D eigenvalue weighted by Crippen LogP contribution is -2.45. The summed E-state index contributed by atoms with van der Waals surface area (Å²) >= 11 is 0. The molecule has 3 rings (SSSR count). The second-order valence-electron chi connectivity index (χ2n) is 5.14. The van der Waals surface area contributed by atoms with E-state index >= 15 is 0 Å². The third kappa shape index (κ3) is 4.28. The van der Waals surface area contributed by atoms with E-state index in [1.807, 2.05) is 0 Å². The van der Waals surface area contributed by atoms with Crippen LogP contribution in [0.15, 0.2) is 48.5 Å². The van der Waals surface area contributed by atoms with Gasteiger partial charge in [0.2, 0.25) is 0 Å². The number of hydrogen-bond acceptors (Lipinski definition) is 4. The van der Waals surface area contributed by atoms with Crippen LogP contribution in [0.5, 0.6) is 11.5 Å². The molecule has 1 amide bonds. The molecule has 0 saturated carbocycles. The second kappa shape index (κ2) is 7.21. The van der Waals surface area contributed by atoms with Gasteiger partial charge in [0.15, 0.2) is 0 Å². The first kappa shape index (κ1) is 15.5. The molecule has 0 radical (unpaired) electrons. The van der Waals surface area contributed by atoms with Crippen molar-refractivity contribution in [2.24, 2.45) is 0 Å². The standard InChI is InChI=1S/C17H17FN2O3/c18-12-2-1-3-15(10-12)23-14-6-4-13(5-7-14)20-17(21)16-11-19-8-9-22-16/h1-7,10,16,19H,8-9,11H2,(H,20,21)/t16-/m0/s1. The molecule has 120 valence electrons. The Kier molecular flexibility index (Phi) is 4.85. The zero-order valence-corrected chi connectivity index (χ0v) is 12.4. The van der Waals surface area contributed by atoms with E-state index in [4.69, 9.17) is 9.47 Å². The molecule has 1 fully saturated rings. The highest BCUT2D eigenvalue weighted by molar-refractivity contribution is 5.94. The number of amides is 1. The first-order chi connectivity index (χ1) is 11.2. The molecule has 2 N–H and O–H groups in total. The Bertz CT molecular complexity index is 670. The van der Waals surface area contributed by atoms with Crippen molar-refractivity contribution in [2.45, 2.75) is 6.10 Å². The molecule has 1 aliphatic rings. The Morgan fingerprint density at radius 2 is 2.04 bits per heavy atom. The van der Waals surface area contributed by atoms with E-state index in [-0.39, 0.29) is 11.7 Å².